The summed E-state index contributed by atoms with van der Waals surface area (Å²) in [6.45, 7) is 0.793. The van der Waals surface area contributed by atoms with Gasteiger partial charge in [0.25, 0.3) is 5.91 Å². The number of rotatable bonds is 6. The zero-order chi connectivity index (χ0) is 18.6. The van der Waals surface area contributed by atoms with Crippen molar-refractivity contribution in [3.05, 3.63) is 42.2 Å². The standard InChI is InChI=1S/C20H21N3O3S/c24-18(13-5-1-2-6-13)21-11-12-22-19(25)15-9-10-16(26-15)20-23-14-7-3-4-8-17(14)27-20/h3-4,7-10,13H,1-2,5-6,11-12H2,(H,21,24)(H,22,25). The van der Waals surface area contributed by atoms with E-state index >= 15 is 0 Å². The van der Waals surface area contributed by atoms with Crippen molar-refractivity contribution in [1.29, 1.82) is 0 Å². The minimum absolute atomic E-state index is 0.0952. The van der Waals surface area contributed by atoms with E-state index in [1.54, 1.807) is 12.1 Å². The zero-order valence-corrected chi connectivity index (χ0v) is 15.7. The summed E-state index contributed by atoms with van der Waals surface area (Å²) in [7, 11) is 0. The van der Waals surface area contributed by atoms with Gasteiger partial charge in [-0.3, -0.25) is 9.59 Å². The number of nitrogens with zero attached hydrogens (tertiary/aromatic N) is 1. The number of hydrogen-bond acceptors (Lipinski definition) is 5. The molecule has 1 aliphatic rings. The highest BCUT2D eigenvalue weighted by molar-refractivity contribution is 7.21. The Morgan fingerprint density at radius 3 is 2.67 bits per heavy atom. The Morgan fingerprint density at radius 2 is 1.85 bits per heavy atom. The van der Waals surface area contributed by atoms with Crippen LogP contribution in [0, 0.1) is 5.92 Å². The summed E-state index contributed by atoms with van der Waals surface area (Å²) >= 11 is 1.53. The fourth-order valence-electron chi connectivity index (χ4n) is 3.33. The van der Waals surface area contributed by atoms with Crippen LogP contribution in [0.5, 0.6) is 0 Å². The number of carbonyl (C=O) groups excluding carboxylic acids is 2. The van der Waals surface area contributed by atoms with E-state index in [0.29, 0.717) is 18.8 Å². The summed E-state index contributed by atoms with van der Waals surface area (Å²) in [5.74, 6) is 0.764. The van der Waals surface area contributed by atoms with Crippen molar-refractivity contribution in [1.82, 2.24) is 15.6 Å². The van der Waals surface area contributed by atoms with Crippen LogP contribution in [0.3, 0.4) is 0 Å². The van der Waals surface area contributed by atoms with Crippen molar-refractivity contribution in [2.45, 2.75) is 25.7 Å². The van der Waals surface area contributed by atoms with Crippen molar-refractivity contribution in [3.63, 3.8) is 0 Å². The highest BCUT2D eigenvalue weighted by Crippen LogP contribution is 2.31. The number of furan rings is 1. The quantitative estimate of drug-likeness (QED) is 0.637. The molecule has 7 heteroatoms. The van der Waals surface area contributed by atoms with Gasteiger partial charge >= 0.3 is 0 Å². The summed E-state index contributed by atoms with van der Waals surface area (Å²) in [6.07, 6.45) is 4.20. The van der Waals surface area contributed by atoms with Crippen LogP contribution < -0.4 is 10.6 Å². The third-order valence-electron chi connectivity index (χ3n) is 4.77. The first kappa shape index (κ1) is 17.7. The van der Waals surface area contributed by atoms with E-state index in [9.17, 15) is 9.59 Å². The molecule has 0 spiro atoms. The van der Waals surface area contributed by atoms with Gasteiger partial charge in [0.2, 0.25) is 5.91 Å². The van der Waals surface area contributed by atoms with Crippen LogP contribution in [0.4, 0.5) is 0 Å². The molecule has 0 bridgehead atoms. The molecule has 2 N–H and O–H groups in total. The molecule has 1 fully saturated rings. The molecule has 0 atom stereocenters. The van der Waals surface area contributed by atoms with Gasteiger partial charge in [-0.2, -0.15) is 0 Å². The first-order valence-corrected chi connectivity index (χ1v) is 10.0. The van der Waals surface area contributed by atoms with Gasteiger partial charge < -0.3 is 15.1 Å². The highest BCUT2D eigenvalue weighted by Gasteiger charge is 2.22. The van der Waals surface area contributed by atoms with E-state index in [-0.39, 0.29) is 23.5 Å². The maximum atomic E-state index is 12.2. The fraction of sp³-hybridized carbons (Fsp3) is 0.350. The van der Waals surface area contributed by atoms with E-state index in [1.165, 1.54) is 11.3 Å². The lowest BCUT2D eigenvalue weighted by Crippen LogP contribution is -2.36. The molecule has 0 aliphatic heterocycles. The lowest BCUT2D eigenvalue weighted by atomic mass is 10.1. The van der Waals surface area contributed by atoms with Gasteiger partial charge in [0, 0.05) is 19.0 Å². The van der Waals surface area contributed by atoms with Crippen molar-refractivity contribution in [2.75, 3.05) is 13.1 Å². The molecule has 27 heavy (non-hydrogen) atoms. The van der Waals surface area contributed by atoms with Gasteiger partial charge in [0.05, 0.1) is 10.2 Å². The van der Waals surface area contributed by atoms with Gasteiger partial charge in [-0.15, -0.1) is 11.3 Å². The van der Waals surface area contributed by atoms with Crippen molar-refractivity contribution < 1.29 is 14.0 Å². The largest absolute Gasteiger partial charge is 0.448 e. The van der Waals surface area contributed by atoms with Crippen molar-refractivity contribution >= 4 is 33.4 Å². The first-order valence-electron chi connectivity index (χ1n) is 9.22. The second-order valence-electron chi connectivity index (χ2n) is 6.68. The molecule has 1 aliphatic carbocycles. The molecule has 140 valence electrons. The number of hydrogen-bond donors (Lipinski definition) is 2. The number of fused-ring (bicyclic) bond motifs is 1. The average molecular weight is 383 g/mol. The zero-order valence-electron chi connectivity index (χ0n) is 14.9. The van der Waals surface area contributed by atoms with Crippen LogP contribution in [0.1, 0.15) is 36.2 Å². The van der Waals surface area contributed by atoms with Gasteiger partial charge in [-0.25, -0.2) is 4.98 Å². The van der Waals surface area contributed by atoms with Crippen LogP contribution in [-0.2, 0) is 4.79 Å². The lowest BCUT2D eigenvalue weighted by molar-refractivity contribution is -0.124. The maximum absolute atomic E-state index is 12.2. The van der Waals surface area contributed by atoms with Crippen LogP contribution in [0.15, 0.2) is 40.8 Å². The van der Waals surface area contributed by atoms with E-state index in [4.69, 9.17) is 4.42 Å². The SMILES string of the molecule is O=C(NCCNC(=O)C1CCCC1)c1ccc(-c2nc3ccccc3s2)o1. The molecule has 1 aromatic carbocycles. The smallest absolute Gasteiger partial charge is 0.287 e. The maximum Gasteiger partial charge on any atom is 0.287 e. The second-order valence-corrected chi connectivity index (χ2v) is 7.71. The summed E-state index contributed by atoms with van der Waals surface area (Å²) in [6, 6.07) is 11.3. The van der Waals surface area contributed by atoms with Gasteiger partial charge in [0.15, 0.2) is 16.5 Å². The number of benzene rings is 1. The monoisotopic (exact) mass is 383 g/mol. The Kier molecular flexibility index (Phi) is 5.20. The summed E-state index contributed by atoms with van der Waals surface area (Å²) in [4.78, 5) is 28.7. The molecule has 1 saturated carbocycles. The predicted molar refractivity (Wildman–Crippen MR) is 105 cm³/mol. The van der Waals surface area contributed by atoms with E-state index < -0.39 is 0 Å². The lowest BCUT2D eigenvalue weighted by Gasteiger charge is -2.10. The third-order valence-corrected chi connectivity index (χ3v) is 5.82. The summed E-state index contributed by atoms with van der Waals surface area (Å²) in [5.41, 5.74) is 0.915. The molecular weight excluding hydrogens is 362 g/mol. The number of carbonyl (C=O) groups is 2. The Labute approximate surface area is 161 Å². The predicted octanol–water partition coefficient (Wildman–Crippen LogP) is 3.59. The molecule has 0 unspecified atom stereocenters. The fourth-order valence-corrected chi connectivity index (χ4v) is 4.26. The molecule has 6 nitrogen and oxygen atoms in total. The normalized spacial score (nSPS) is 14.5. The van der Waals surface area contributed by atoms with Crippen LogP contribution in [0.2, 0.25) is 0 Å². The van der Waals surface area contributed by atoms with E-state index in [0.717, 1.165) is 40.9 Å². The van der Waals surface area contributed by atoms with Crippen molar-refractivity contribution in [2.24, 2.45) is 5.92 Å². The molecular formula is C20H21N3O3S. The number of para-hydroxylation sites is 1. The minimum atomic E-state index is -0.294. The Morgan fingerprint density at radius 1 is 1.07 bits per heavy atom. The van der Waals surface area contributed by atoms with Crippen LogP contribution in [0.25, 0.3) is 21.0 Å². The molecule has 2 heterocycles. The highest BCUT2D eigenvalue weighted by atomic mass is 32.1. The van der Waals surface area contributed by atoms with Gasteiger partial charge in [-0.05, 0) is 37.1 Å². The first-order chi connectivity index (χ1) is 13.2. The number of nitrogens with one attached hydrogen (secondary N) is 2. The Balaban J connectivity index is 1.30. The Bertz CT molecular complexity index is 923. The van der Waals surface area contributed by atoms with E-state index in [1.807, 2.05) is 24.3 Å². The van der Waals surface area contributed by atoms with Crippen LogP contribution >= 0.6 is 11.3 Å². The minimum Gasteiger partial charge on any atom is -0.448 e. The van der Waals surface area contributed by atoms with Crippen LogP contribution in [-0.4, -0.2) is 29.9 Å². The Hall–Kier alpha value is -2.67. The topological polar surface area (TPSA) is 84.2 Å². The van der Waals surface area contributed by atoms with Crippen molar-refractivity contribution in [3.8, 4) is 10.8 Å². The van der Waals surface area contributed by atoms with E-state index in [2.05, 4.69) is 15.6 Å². The molecule has 3 aromatic rings. The summed E-state index contributed by atoms with van der Waals surface area (Å²) in [5, 5.41) is 6.41. The summed E-state index contributed by atoms with van der Waals surface area (Å²) < 4.78 is 6.75. The number of amides is 2. The molecule has 2 amide bonds. The molecule has 0 radical (unpaired) electrons. The second kappa shape index (κ2) is 7.92. The van der Waals surface area contributed by atoms with Gasteiger partial charge in [-0.1, -0.05) is 25.0 Å². The average Bonchev–Trinajstić information content (AvgIpc) is 3.43. The molecule has 0 saturated heterocycles. The number of thiazole rings is 1. The molecule has 4 rings (SSSR count). The number of aromatic nitrogens is 1. The molecule has 2 aromatic heterocycles. The third kappa shape index (κ3) is 4.03. The van der Waals surface area contributed by atoms with Gasteiger partial charge in [0.1, 0.15) is 0 Å².